The summed E-state index contributed by atoms with van der Waals surface area (Å²) in [5.74, 6) is -1.50. The summed E-state index contributed by atoms with van der Waals surface area (Å²) >= 11 is 0. The summed E-state index contributed by atoms with van der Waals surface area (Å²) in [4.78, 5) is 11.9. The van der Waals surface area contributed by atoms with Crippen LogP contribution in [0.4, 0.5) is 19.3 Å². The van der Waals surface area contributed by atoms with Gasteiger partial charge in [0.2, 0.25) is 0 Å². The van der Waals surface area contributed by atoms with Crippen LogP contribution in [0.3, 0.4) is 0 Å². The Balaban J connectivity index is 1.98. The molecule has 1 atom stereocenters. The molecule has 0 aromatic heterocycles. The lowest BCUT2D eigenvalue weighted by Gasteiger charge is -2.15. The molecule has 0 saturated carbocycles. The lowest BCUT2D eigenvalue weighted by atomic mass is 10.1. The van der Waals surface area contributed by atoms with Crippen molar-refractivity contribution in [2.24, 2.45) is 0 Å². The zero-order chi connectivity index (χ0) is 16.1. The number of amides is 2. The topological polar surface area (TPSA) is 41.1 Å². The van der Waals surface area contributed by atoms with Crippen LogP contribution >= 0.6 is 0 Å². The van der Waals surface area contributed by atoms with E-state index in [0.29, 0.717) is 0 Å². The minimum atomic E-state index is -0.810. The van der Waals surface area contributed by atoms with E-state index in [1.54, 1.807) is 0 Å². The molecule has 2 rings (SSSR count). The number of nitrogens with one attached hydrogen (secondary N) is 2. The summed E-state index contributed by atoms with van der Waals surface area (Å²) in [5.41, 5.74) is 2.10. The Morgan fingerprint density at radius 1 is 1.14 bits per heavy atom. The molecule has 0 aliphatic heterocycles. The number of hydrogen-bond acceptors (Lipinski definition) is 1. The zero-order valence-electron chi connectivity index (χ0n) is 12.5. The Bertz CT molecular complexity index is 656. The molecule has 2 aromatic rings. The molecule has 0 heterocycles. The van der Waals surface area contributed by atoms with Crippen LogP contribution in [0.2, 0.25) is 0 Å². The molecule has 0 aliphatic carbocycles. The lowest BCUT2D eigenvalue weighted by molar-refractivity contribution is 0.249. The summed E-state index contributed by atoms with van der Waals surface area (Å²) in [7, 11) is 0. The molecule has 1 unspecified atom stereocenters. The number of carbonyl (C=O) groups is 1. The highest BCUT2D eigenvalue weighted by Crippen LogP contribution is 2.16. The van der Waals surface area contributed by atoms with E-state index in [0.717, 1.165) is 24.1 Å². The standard InChI is InChI=1S/C17H18F2N2O/c1-3-12-4-6-13(7-5-12)11(2)20-17(22)21-16-9-8-14(18)10-15(16)19/h4-11H,3H2,1-2H3,(H2,20,21,22). The molecule has 116 valence electrons. The van der Waals surface area contributed by atoms with Crippen LogP contribution in [0.15, 0.2) is 42.5 Å². The maximum atomic E-state index is 13.5. The fourth-order valence-electron chi connectivity index (χ4n) is 2.07. The quantitative estimate of drug-likeness (QED) is 0.863. The molecular formula is C17H18F2N2O. The van der Waals surface area contributed by atoms with Crippen molar-refractivity contribution in [3.8, 4) is 0 Å². The normalized spacial score (nSPS) is 11.8. The predicted octanol–water partition coefficient (Wildman–Crippen LogP) is 4.41. The Kier molecular flexibility index (Phi) is 5.09. The zero-order valence-corrected chi connectivity index (χ0v) is 12.5. The van der Waals surface area contributed by atoms with Gasteiger partial charge in [-0.15, -0.1) is 0 Å². The van der Waals surface area contributed by atoms with Gasteiger partial charge < -0.3 is 10.6 Å². The number of hydrogen-bond donors (Lipinski definition) is 2. The molecule has 5 heteroatoms. The molecule has 0 saturated heterocycles. The highest BCUT2D eigenvalue weighted by molar-refractivity contribution is 5.89. The fourth-order valence-corrected chi connectivity index (χ4v) is 2.07. The SMILES string of the molecule is CCc1ccc(C(C)NC(=O)Nc2ccc(F)cc2F)cc1. The minimum absolute atomic E-state index is 0.0626. The van der Waals surface area contributed by atoms with E-state index >= 15 is 0 Å². The van der Waals surface area contributed by atoms with Gasteiger partial charge in [-0.25, -0.2) is 13.6 Å². The number of aryl methyl sites for hydroxylation is 1. The van der Waals surface area contributed by atoms with Gasteiger partial charge in [-0.2, -0.15) is 0 Å². The van der Waals surface area contributed by atoms with Gasteiger partial charge in [0.1, 0.15) is 11.6 Å². The Labute approximate surface area is 128 Å². The van der Waals surface area contributed by atoms with Gasteiger partial charge >= 0.3 is 6.03 Å². The van der Waals surface area contributed by atoms with Gasteiger partial charge in [-0.05, 0) is 36.6 Å². The summed E-state index contributed by atoms with van der Waals surface area (Å²) < 4.78 is 26.3. The van der Waals surface area contributed by atoms with E-state index in [1.807, 2.05) is 31.2 Å². The van der Waals surface area contributed by atoms with Crippen molar-refractivity contribution in [1.29, 1.82) is 0 Å². The van der Waals surface area contributed by atoms with Crippen molar-refractivity contribution in [2.45, 2.75) is 26.3 Å². The summed E-state index contributed by atoms with van der Waals surface area (Å²) in [6.45, 7) is 3.91. The first-order chi connectivity index (χ1) is 10.5. The molecule has 0 radical (unpaired) electrons. The third-order valence-electron chi connectivity index (χ3n) is 3.41. The number of rotatable bonds is 4. The average molecular weight is 304 g/mol. The molecular weight excluding hydrogens is 286 g/mol. The number of urea groups is 1. The molecule has 2 N–H and O–H groups in total. The Morgan fingerprint density at radius 2 is 1.82 bits per heavy atom. The van der Waals surface area contributed by atoms with Crippen molar-refractivity contribution in [3.05, 3.63) is 65.2 Å². The van der Waals surface area contributed by atoms with E-state index in [9.17, 15) is 13.6 Å². The molecule has 2 amide bonds. The van der Waals surface area contributed by atoms with Gasteiger partial charge in [0.25, 0.3) is 0 Å². The van der Waals surface area contributed by atoms with E-state index in [4.69, 9.17) is 0 Å². The van der Waals surface area contributed by atoms with E-state index in [1.165, 1.54) is 11.6 Å². The van der Waals surface area contributed by atoms with Crippen LogP contribution in [0, 0.1) is 11.6 Å². The van der Waals surface area contributed by atoms with Crippen LogP contribution in [-0.4, -0.2) is 6.03 Å². The lowest BCUT2D eigenvalue weighted by Crippen LogP contribution is -2.31. The summed E-state index contributed by atoms with van der Waals surface area (Å²) in [6.07, 6.45) is 0.951. The molecule has 0 aliphatic rings. The molecule has 3 nitrogen and oxygen atoms in total. The van der Waals surface area contributed by atoms with Crippen molar-refractivity contribution >= 4 is 11.7 Å². The summed E-state index contributed by atoms with van der Waals surface area (Å²) in [5, 5.41) is 5.08. The predicted molar refractivity (Wildman–Crippen MR) is 82.7 cm³/mol. The second kappa shape index (κ2) is 7.02. The number of anilines is 1. The second-order valence-corrected chi connectivity index (χ2v) is 5.04. The maximum Gasteiger partial charge on any atom is 0.319 e. The van der Waals surface area contributed by atoms with Crippen LogP contribution < -0.4 is 10.6 Å². The highest BCUT2D eigenvalue weighted by Gasteiger charge is 2.11. The van der Waals surface area contributed by atoms with Crippen molar-refractivity contribution in [1.82, 2.24) is 5.32 Å². The van der Waals surface area contributed by atoms with Gasteiger partial charge in [0, 0.05) is 6.07 Å². The van der Waals surface area contributed by atoms with Gasteiger partial charge in [-0.3, -0.25) is 0 Å². The number of halogens is 2. The van der Waals surface area contributed by atoms with E-state index in [-0.39, 0.29) is 11.7 Å². The van der Waals surface area contributed by atoms with Crippen LogP contribution in [-0.2, 0) is 6.42 Å². The first kappa shape index (κ1) is 15.9. The Morgan fingerprint density at radius 3 is 2.41 bits per heavy atom. The number of carbonyl (C=O) groups excluding carboxylic acids is 1. The third-order valence-corrected chi connectivity index (χ3v) is 3.41. The van der Waals surface area contributed by atoms with Crippen LogP contribution in [0.25, 0.3) is 0 Å². The van der Waals surface area contributed by atoms with E-state index < -0.39 is 17.7 Å². The van der Waals surface area contributed by atoms with E-state index in [2.05, 4.69) is 17.6 Å². The summed E-state index contributed by atoms with van der Waals surface area (Å²) in [6, 6.07) is 10.1. The van der Waals surface area contributed by atoms with Gasteiger partial charge in [0.05, 0.1) is 11.7 Å². The molecule has 0 fully saturated rings. The maximum absolute atomic E-state index is 13.5. The highest BCUT2D eigenvalue weighted by atomic mass is 19.1. The average Bonchev–Trinajstić information content (AvgIpc) is 2.50. The van der Waals surface area contributed by atoms with Crippen LogP contribution in [0.5, 0.6) is 0 Å². The molecule has 0 bridgehead atoms. The smallest absolute Gasteiger partial charge is 0.319 e. The second-order valence-electron chi connectivity index (χ2n) is 5.04. The fraction of sp³-hybridized carbons (Fsp3) is 0.235. The van der Waals surface area contributed by atoms with Gasteiger partial charge in [0.15, 0.2) is 0 Å². The number of benzene rings is 2. The van der Waals surface area contributed by atoms with Crippen molar-refractivity contribution in [3.63, 3.8) is 0 Å². The van der Waals surface area contributed by atoms with Crippen molar-refractivity contribution < 1.29 is 13.6 Å². The van der Waals surface area contributed by atoms with Crippen LogP contribution in [0.1, 0.15) is 31.0 Å². The third kappa shape index (κ3) is 4.04. The van der Waals surface area contributed by atoms with Gasteiger partial charge in [-0.1, -0.05) is 31.2 Å². The van der Waals surface area contributed by atoms with Crippen molar-refractivity contribution in [2.75, 3.05) is 5.32 Å². The molecule has 22 heavy (non-hydrogen) atoms. The minimum Gasteiger partial charge on any atom is -0.331 e. The molecule has 2 aromatic carbocycles. The largest absolute Gasteiger partial charge is 0.331 e. The monoisotopic (exact) mass is 304 g/mol. The Hall–Kier alpha value is -2.43. The molecule has 0 spiro atoms. The first-order valence-corrected chi connectivity index (χ1v) is 7.11. The first-order valence-electron chi connectivity index (χ1n) is 7.11.